The lowest BCUT2D eigenvalue weighted by molar-refractivity contribution is -0.112. The van der Waals surface area contributed by atoms with E-state index in [2.05, 4.69) is 9.99 Å². The Kier molecular flexibility index (Phi) is 4.54. The standard InChI is InChI=1S/C7H13NO2/c1-4-7(9)6(3)8-10-5-2/h4-5H2,1-3H3. The Bertz CT molecular complexity index is 141. The first-order valence-corrected chi connectivity index (χ1v) is 3.42. The molecule has 0 fully saturated rings. The van der Waals surface area contributed by atoms with Crippen molar-refractivity contribution >= 4 is 11.5 Å². The topological polar surface area (TPSA) is 38.7 Å². The number of rotatable bonds is 4. The molecule has 0 aromatic rings. The van der Waals surface area contributed by atoms with Gasteiger partial charge in [0.05, 0.1) is 0 Å². The lowest BCUT2D eigenvalue weighted by atomic mass is 10.2. The highest BCUT2D eigenvalue weighted by molar-refractivity contribution is 6.38. The minimum Gasteiger partial charge on any atom is -0.396 e. The van der Waals surface area contributed by atoms with E-state index < -0.39 is 0 Å². The Morgan fingerprint density at radius 3 is 2.50 bits per heavy atom. The van der Waals surface area contributed by atoms with Crippen molar-refractivity contribution in [3.63, 3.8) is 0 Å². The second kappa shape index (κ2) is 4.97. The molecule has 3 nitrogen and oxygen atoms in total. The van der Waals surface area contributed by atoms with Gasteiger partial charge in [0.2, 0.25) is 0 Å². The molecule has 0 N–H and O–H groups in total. The number of nitrogens with zero attached hydrogens (tertiary/aromatic N) is 1. The van der Waals surface area contributed by atoms with Crippen LogP contribution in [-0.4, -0.2) is 18.1 Å². The Labute approximate surface area is 61.1 Å². The van der Waals surface area contributed by atoms with E-state index in [0.717, 1.165) is 0 Å². The van der Waals surface area contributed by atoms with E-state index in [-0.39, 0.29) is 5.78 Å². The Morgan fingerprint density at radius 2 is 2.10 bits per heavy atom. The van der Waals surface area contributed by atoms with Gasteiger partial charge >= 0.3 is 0 Å². The highest BCUT2D eigenvalue weighted by Crippen LogP contribution is 1.87. The maximum Gasteiger partial charge on any atom is 0.179 e. The molecule has 0 radical (unpaired) electrons. The van der Waals surface area contributed by atoms with E-state index in [1.807, 2.05) is 6.92 Å². The summed E-state index contributed by atoms with van der Waals surface area (Å²) < 4.78 is 0. The maximum atomic E-state index is 10.8. The first kappa shape index (κ1) is 9.14. The van der Waals surface area contributed by atoms with Crippen LogP contribution in [0, 0.1) is 0 Å². The zero-order valence-corrected chi connectivity index (χ0v) is 6.68. The predicted molar refractivity (Wildman–Crippen MR) is 40.0 cm³/mol. The third-order valence-corrected chi connectivity index (χ3v) is 1.06. The molecule has 0 aliphatic carbocycles. The van der Waals surface area contributed by atoms with Crippen LogP contribution in [0.15, 0.2) is 5.16 Å². The molecule has 10 heavy (non-hydrogen) atoms. The fourth-order valence-corrected chi connectivity index (χ4v) is 0.468. The van der Waals surface area contributed by atoms with Crippen LogP contribution in [0.3, 0.4) is 0 Å². The molecule has 0 aliphatic heterocycles. The highest BCUT2D eigenvalue weighted by atomic mass is 16.6. The summed E-state index contributed by atoms with van der Waals surface area (Å²) in [6.45, 7) is 5.79. The molecule has 0 aromatic carbocycles. The number of hydrogen-bond donors (Lipinski definition) is 0. The number of hydrogen-bond acceptors (Lipinski definition) is 3. The highest BCUT2D eigenvalue weighted by Gasteiger charge is 2.01. The minimum atomic E-state index is 0.0356. The summed E-state index contributed by atoms with van der Waals surface area (Å²) in [5.74, 6) is 0.0356. The van der Waals surface area contributed by atoms with Gasteiger partial charge in [0.15, 0.2) is 5.78 Å². The molecule has 0 spiro atoms. The van der Waals surface area contributed by atoms with Crippen molar-refractivity contribution in [3.05, 3.63) is 0 Å². The van der Waals surface area contributed by atoms with Gasteiger partial charge in [0.1, 0.15) is 12.3 Å². The van der Waals surface area contributed by atoms with Crippen molar-refractivity contribution in [1.82, 2.24) is 0 Å². The van der Waals surface area contributed by atoms with E-state index >= 15 is 0 Å². The number of Topliss-reactive ketones (excluding diaryl/α,β-unsaturated/α-hetero) is 1. The normalized spacial score (nSPS) is 11.3. The molecule has 0 aromatic heterocycles. The van der Waals surface area contributed by atoms with Crippen molar-refractivity contribution in [2.45, 2.75) is 27.2 Å². The molecule has 0 aliphatic rings. The summed E-state index contributed by atoms with van der Waals surface area (Å²) >= 11 is 0. The first-order valence-electron chi connectivity index (χ1n) is 3.42. The summed E-state index contributed by atoms with van der Waals surface area (Å²) in [6.07, 6.45) is 0.488. The molecular weight excluding hydrogens is 130 g/mol. The SMILES string of the molecule is CCON=C(C)C(=O)CC. The van der Waals surface area contributed by atoms with Gasteiger partial charge in [-0.1, -0.05) is 12.1 Å². The largest absolute Gasteiger partial charge is 0.396 e. The summed E-state index contributed by atoms with van der Waals surface area (Å²) in [4.78, 5) is 15.5. The quantitative estimate of drug-likeness (QED) is 0.440. The summed E-state index contributed by atoms with van der Waals surface area (Å²) in [7, 11) is 0. The van der Waals surface area contributed by atoms with E-state index in [0.29, 0.717) is 18.7 Å². The van der Waals surface area contributed by atoms with E-state index in [1.54, 1.807) is 13.8 Å². The van der Waals surface area contributed by atoms with Crippen LogP contribution in [0.5, 0.6) is 0 Å². The third-order valence-electron chi connectivity index (χ3n) is 1.06. The summed E-state index contributed by atoms with van der Waals surface area (Å²) in [5, 5.41) is 3.58. The molecule has 0 amide bonds. The number of carbonyl (C=O) groups excluding carboxylic acids is 1. The van der Waals surface area contributed by atoms with Crippen molar-refractivity contribution in [3.8, 4) is 0 Å². The van der Waals surface area contributed by atoms with Crippen molar-refractivity contribution in [2.75, 3.05) is 6.61 Å². The van der Waals surface area contributed by atoms with E-state index in [1.165, 1.54) is 0 Å². The van der Waals surface area contributed by atoms with Crippen LogP contribution >= 0.6 is 0 Å². The molecule has 0 heterocycles. The molecule has 3 heteroatoms. The van der Waals surface area contributed by atoms with Gasteiger partial charge in [-0.25, -0.2) is 0 Å². The van der Waals surface area contributed by atoms with Crippen LogP contribution < -0.4 is 0 Å². The monoisotopic (exact) mass is 143 g/mol. The lowest BCUT2D eigenvalue weighted by Crippen LogP contribution is -2.08. The fourth-order valence-electron chi connectivity index (χ4n) is 0.468. The van der Waals surface area contributed by atoms with Crippen molar-refractivity contribution < 1.29 is 9.63 Å². The molecule has 0 unspecified atom stereocenters. The Morgan fingerprint density at radius 1 is 1.50 bits per heavy atom. The molecule has 0 bridgehead atoms. The summed E-state index contributed by atoms with van der Waals surface area (Å²) in [6, 6.07) is 0. The van der Waals surface area contributed by atoms with Crippen LogP contribution in [0.25, 0.3) is 0 Å². The zero-order chi connectivity index (χ0) is 7.98. The van der Waals surface area contributed by atoms with Gasteiger partial charge < -0.3 is 4.84 Å². The predicted octanol–water partition coefficient (Wildman–Crippen LogP) is 1.38. The molecule has 0 atom stereocenters. The van der Waals surface area contributed by atoms with Crippen LogP contribution in [-0.2, 0) is 9.63 Å². The molecule has 0 saturated heterocycles. The first-order chi connectivity index (χ1) is 4.72. The van der Waals surface area contributed by atoms with Gasteiger partial charge in [-0.05, 0) is 13.8 Å². The van der Waals surface area contributed by atoms with Crippen molar-refractivity contribution in [2.24, 2.45) is 5.16 Å². The van der Waals surface area contributed by atoms with Gasteiger partial charge in [-0.15, -0.1) is 0 Å². The molecule has 0 saturated carbocycles. The smallest absolute Gasteiger partial charge is 0.179 e. The van der Waals surface area contributed by atoms with Crippen LogP contribution in [0.1, 0.15) is 27.2 Å². The second-order valence-corrected chi connectivity index (χ2v) is 1.87. The van der Waals surface area contributed by atoms with Gasteiger partial charge in [-0.2, -0.15) is 0 Å². The third kappa shape index (κ3) is 3.22. The fraction of sp³-hybridized carbons (Fsp3) is 0.714. The van der Waals surface area contributed by atoms with Gasteiger partial charge in [0, 0.05) is 6.42 Å². The number of oxime groups is 1. The van der Waals surface area contributed by atoms with Crippen LogP contribution in [0.2, 0.25) is 0 Å². The number of ketones is 1. The average Bonchev–Trinajstić information content (AvgIpc) is 1.98. The summed E-state index contributed by atoms with van der Waals surface area (Å²) in [5.41, 5.74) is 0.448. The van der Waals surface area contributed by atoms with E-state index in [9.17, 15) is 4.79 Å². The molecular formula is C7H13NO2. The van der Waals surface area contributed by atoms with E-state index in [4.69, 9.17) is 0 Å². The second-order valence-electron chi connectivity index (χ2n) is 1.87. The minimum absolute atomic E-state index is 0.0356. The molecule has 0 rings (SSSR count). The van der Waals surface area contributed by atoms with Crippen molar-refractivity contribution in [1.29, 1.82) is 0 Å². The van der Waals surface area contributed by atoms with Crippen LogP contribution in [0.4, 0.5) is 0 Å². The zero-order valence-electron chi connectivity index (χ0n) is 6.68. The van der Waals surface area contributed by atoms with Gasteiger partial charge in [0.25, 0.3) is 0 Å². The van der Waals surface area contributed by atoms with Gasteiger partial charge in [-0.3, -0.25) is 4.79 Å². The average molecular weight is 143 g/mol. The maximum absolute atomic E-state index is 10.8. The Balaban J connectivity index is 3.80. The molecule has 58 valence electrons. The number of carbonyl (C=O) groups is 1. The lowest BCUT2D eigenvalue weighted by Gasteiger charge is -1.95. The Hall–Kier alpha value is -0.860.